The minimum absolute atomic E-state index is 0.109. The normalized spacial score (nSPS) is 15.3. The van der Waals surface area contributed by atoms with Crippen molar-refractivity contribution in [1.29, 1.82) is 0 Å². The zero-order valence-corrected chi connectivity index (χ0v) is 18.3. The molecule has 7 heteroatoms. The van der Waals surface area contributed by atoms with Crippen molar-refractivity contribution in [2.45, 2.75) is 97.9 Å². The number of unbranched alkanes of at least 4 members (excludes halogenated alkanes) is 2. The van der Waals surface area contributed by atoms with Gasteiger partial charge in [-0.1, -0.05) is 60.3 Å². The summed E-state index contributed by atoms with van der Waals surface area (Å²) >= 11 is 0. The predicted octanol–water partition coefficient (Wildman–Crippen LogP) is 4.93. The van der Waals surface area contributed by atoms with Gasteiger partial charge in [0.05, 0.1) is 11.8 Å². The van der Waals surface area contributed by atoms with Gasteiger partial charge in [-0.05, 0) is 25.7 Å². The molecule has 0 aromatic carbocycles. The topological polar surface area (TPSA) is 95.7 Å². The van der Waals surface area contributed by atoms with Crippen LogP contribution < -0.4 is 0 Å². The summed E-state index contributed by atoms with van der Waals surface area (Å²) in [7, 11) is 0. The van der Waals surface area contributed by atoms with Crippen LogP contribution in [-0.2, 0) is 19.1 Å². The maximum atomic E-state index is 12.3. The van der Waals surface area contributed by atoms with E-state index in [1.165, 1.54) is 0 Å². The lowest BCUT2D eigenvalue weighted by Gasteiger charge is -2.25. The standard InChI is InChI=1S/C21H39NO6/c1-6-11-13-17(8-3)19(23)27-15-21(10-5,22(25)26)16-28-20(24)18(9-4)14-12-7-2/h17-18H,6-16H2,1-5H3. The Labute approximate surface area is 169 Å². The molecule has 0 radical (unpaired) electrons. The molecule has 0 saturated heterocycles. The average molecular weight is 402 g/mol. The molecular weight excluding hydrogens is 362 g/mol. The SMILES string of the molecule is CCCCC(CC)C(=O)OCC(CC)(COC(=O)C(CC)CCCC)[N+](=O)[O-]. The highest BCUT2D eigenvalue weighted by atomic mass is 16.6. The van der Waals surface area contributed by atoms with E-state index in [2.05, 4.69) is 0 Å². The Kier molecular flexibility index (Phi) is 13.5. The van der Waals surface area contributed by atoms with Crippen LogP contribution in [0.25, 0.3) is 0 Å². The largest absolute Gasteiger partial charge is 0.458 e. The van der Waals surface area contributed by atoms with Gasteiger partial charge in [0, 0.05) is 11.3 Å². The van der Waals surface area contributed by atoms with E-state index in [0.717, 1.165) is 25.7 Å². The minimum Gasteiger partial charge on any atom is -0.458 e. The van der Waals surface area contributed by atoms with Gasteiger partial charge in [0.15, 0.2) is 13.2 Å². The van der Waals surface area contributed by atoms with Crippen molar-refractivity contribution >= 4 is 11.9 Å². The van der Waals surface area contributed by atoms with Crippen molar-refractivity contribution in [3.8, 4) is 0 Å². The highest BCUT2D eigenvalue weighted by Gasteiger charge is 2.45. The summed E-state index contributed by atoms with van der Waals surface area (Å²) in [5.74, 6) is -1.31. The molecule has 0 amide bonds. The van der Waals surface area contributed by atoms with Crippen LogP contribution in [0.2, 0.25) is 0 Å². The van der Waals surface area contributed by atoms with Crippen LogP contribution in [0.4, 0.5) is 0 Å². The number of nitro groups is 1. The second-order valence-corrected chi connectivity index (χ2v) is 7.55. The van der Waals surface area contributed by atoms with Gasteiger partial charge in [0.1, 0.15) is 0 Å². The van der Waals surface area contributed by atoms with Crippen molar-refractivity contribution in [2.24, 2.45) is 11.8 Å². The Morgan fingerprint density at radius 3 is 1.50 bits per heavy atom. The summed E-state index contributed by atoms with van der Waals surface area (Å²) < 4.78 is 10.6. The number of ether oxygens (including phenoxy) is 2. The fraction of sp³-hybridized carbons (Fsp3) is 0.905. The monoisotopic (exact) mass is 401 g/mol. The summed E-state index contributed by atoms with van der Waals surface area (Å²) in [6.07, 6.45) is 6.60. The van der Waals surface area contributed by atoms with E-state index in [9.17, 15) is 19.7 Å². The third-order valence-electron chi connectivity index (χ3n) is 5.48. The van der Waals surface area contributed by atoms with Gasteiger partial charge in [0.25, 0.3) is 5.54 Å². The van der Waals surface area contributed by atoms with Crippen molar-refractivity contribution in [3.63, 3.8) is 0 Å². The number of esters is 2. The van der Waals surface area contributed by atoms with Crippen molar-refractivity contribution in [3.05, 3.63) is 10.1 Å². The van der Waals surface area contributed by atoms with Crippen LogP contribution in [0.15, 0.2) is 0 Å². The van der Waals surface area contributed by atoms with Gasteiger partial charge < -0.3 is 9.47 Å². The van der Waals surface area contributed by atoms with Crippen LogP contribution in [0.3, 0.4) is 0 Å². The van der Waals surface area contributed by atoms with E-state index in [0.29, 0.717) is 25.7 Å². The van der Waals surface area contributed by atoms with Gasteiger partial charge in [-0.15, -0.1) is 0 Å². The molecule has 0 rings (SSSR count). The Bertz CT molecular complexity index is 448. The molecule has 7 nitrogen and oxygen atoms in total. The zero-order chi connectivity index (χ0) is 21.6. The van der Waals surface area contributed by atoms with Gasteiger partial charge >= 0.3 is 11.9 Å². The molecule has 0 aliphatic carbocycles. The van der Waals surface area contributed by atoms with Gasteiger partial charge in [-0.3, -0.25) is 19.7 Å². The first-order valence-electron chi connectivity index (χ1n) is 10.8. The summed E-state index contributed by atoms with van der Waals surface area (Å²) in [6.45, 7) is 8.80. The molecule has 164 valence electrons. The Hall–Kier alpha value is -1.66. The third kappa shape index (κ3) is 8.57. The maximum absolute atomic E-state index is 12.3. The van der Waals surface area contributed by atoms with E-state index >= 15 is 0 Å². The average Bonchev–Trinajstić information content (AvgIpc) is 2.69. The second-order valence-electron chi connectivity index (χ2n) is 7.55. The molecular formula is C21H39NO6. The highest BCUT2D eigenvalue weighted by Crippen LogP contribution is 2.22. The molecule has 28 heavy (non-hydrogen) atoms. The third-order valence-corrected chi connectivity index (χ3v) is 5.48. The Morgan fingerprint density at radius 2 is 1.25 bits per heavy atom. The second kappa shape index (κ2) is 14.4. The zero-order valence-electron chi connectivity index (χ0n) is 18.3. The lowest BCUT2D eigenvalue weighted by atomic mass is 9.97. The number of hydrogen-bond donors (Lipinski definition) is 0. The molecule has 0 aromatic heterocycles. The summed E-state index contributed by atoms with van der Waals surface area (Å²) in [5.41, 5.74) is -1.60. The number of rotatable bonds is 16. The molecule has 2 atom stereocenters. The molecule has 0 heterocycles. The Balaban J connectivity index is 4.96. The maximum Gasteiger partial charge on any atom is 0.309 e. The molecule has 0 fully saturated rings. The van der Waals surface area contributed by atoms with E-state index in [-0.39, 0.29) is 31.5 Å². The molecule has 0 spiro atoms. The molecule has 0 N–H and O–H groups in total. The first kappa shape index (κ1) is 26.3. The number of nitrogens with zero attached hydrogens (tertiary/aromatic N) is 1. The first-order valence-corrected chi connectivity index (χ1v) is 10.8. The van der Waals surface area contributed by atoms with Crippen molar-refractivity contribution in [2.75, 3.05) is 13.2 Å². The van der Waals surface area contributed by atoms with Crippen LogP contribution in [0, 0.1) is 22.0 Å². The number of hydrogen-bond acceptors (Lipinski definition) is 6. The fourth-order valence-electron chi connectivity index (χ4n) is 3.01. The van der Waals surface area contributed by atoms with Crippen LogP contribution >= 0.6 is 0 Å². The lowest BCUT2D eigenvalue weighted by Crippen LogP contribution is -2.48. The molecule has 0 aliphatic heterocycles. The van der Waals surface area contributed by atoms with Gasteiger partial charge in [-0.2, -0.15) is 0 Å². The summed E-state index contributed by atoms with van der Waals surface area (Å²) in [4.78, 5) is 35.9. The molecule has 0 bridgehead atoms. The van der Waals surface area contributed by atoms with E-state index < -0.39 is 22.4 Å². The van der Waals surface area contributed by atoms with E-state index in [1.807, 2.05) is 27.7 Å². The first-order chi connectivity index (χ1) is 13.3. The van der Waals surface area contributed by atoms with E-state index in [1.54, 1.807) is 6.92 Å². The summed E-state index contributed by atoms with van der Waals surface area (Å²) in [6, 6.07) is 0. The van der Waals surface area contributed by atoms with Crippen LogP contribution in [0.5, 0.6) is 0 Å². The van der Waals surface area contributed by atoms with E-state index in [4.69, 9.17) is 9.47 Å². The molecule has 0 saturated carbocycles. The van der Waals surface area contributed by atoms with Crippen molar-refractivity contribution < 1.29 is 24.0 Å². The summed E-state index contributed by atoms with van der Waals surface area (Å²) in [5, 5.41) is 11.7. The van der Waals surface area contributed by atoms with Gasteiger partial charge in [-0.25, -0.2) is 0 Å². The fourth-order valence-corrected chi connectivity index (χ4v) is 3.01. The Morgan fingerprint density at radius 1 is 0.857 bits per heavy atom. The predicted molar refractivity (Wildman–Crippen MR) is 109 cm³/mol. The smallest absolute Gasteiger partial charge is 0.309 e. The quantitative estimate of drug-likeness (QED) is 0.207. The van der Waals surface area contributed by atoms with Crippen LogP contribution in [0.1, 0.15) is 92.4 Å². The molecule has 2 unspecified atom stereocenters. The van der Waals surface area contributed by atoms with Crippen molar-refractivity contribution in [1.82, 2.24) is 0 Å². The number of carbonyl (C=O) groups excluding carboxylic acids is 2. The molecule has 0 aromatic rings. The highest BCUT2D eigenvalue weighted by molar-refractivity contribution is 5.73. The van der Waals surface area contributed by atoms with Gasteiger partial charge in [0.2, 0.25) is 0 Å². The minimum atomic E-state index is -1.60. The number of carbonyl (C=O) groups is 2. The van der Waals surface area contributed by atoms with Crippen LogP contribution in [-0.4, -0.2) is 35.6 Å². The lowest BCUT2D eigenvalue weighted by molar-refractivity contribution is -0.577. The molecule has 0 aliphatic rings.